The largest absolute Gasteiger partial charge is 0.395 e. The second-order valence-corrected chi connectivity index (χ2v) is 6.67. The van der Waals surface area contributed by atoms with Gasteiger partial charge in [0.05, 0.1) is 18.5 Å². The first kappa shape index (κ1) is 15.7. The van der Waals surface area contributed by atoms with Gasteiger partial charge in [-0.1, -0.05) is 18.2 Å². The van der Waals surface area contributed by atoms with Crippen LogP contribution in [0.25, 0.3) is 10.2 Å². The maximum absolute atomic E-state index is 9.34. The van der Waals surface area contributed by atoms with Crippen LogP contribution in [-0.2, 0) is 6.54 Å². The lowest BCUT2D eigenvalue weighted by molar-refractivity contribution is 0.301. The van der Waals surface area contributed by atoms with Gasteiger partial charge in [-0.25, -0.2) is 9.97 Å². The number of nitrogen functional groups attached to an aromatic ring is 1. The number of hydrogen-bond acceptors (Lipinski definition) is 6. The summed E-state index contributed by atoms with van der Waals surface area (Å²) in [6.07, 6.45) is 0. The van der Waals surface area contributed by atoms with Crippen LogP contribution in [0.4, 0.5) is 11.5 Å². The van der Waals surface area contributed by atoms with Crippen molar-refractivity contribution in [3.05, 3.63) is 46.6 Å². The summed E-state index contributed by atoms with van der Waals surface area (Å²) in [5.74, 6) is 1.21. The monoisotopic (exact) mass is 328 g/mol. The lowest BCUT2D eigenvalue weighted by Gasteiger charge is -2.23. The number of rotatable bonds is 5. The SMILES string of the molecule is Cc1sc2nc(CN(CCO)c3ccccc3)nc(N)c2c1C. The highest BCUT2D eigenvalue weighted by atomic mass is 32.1. The summed E-state index contributed by atoms with van der Waals surface area (Å²) >= 11 is 1.64. The van der Waals surface area contributed by atoms with E-state index in [1.165, 1.54) is 4.88 Å². The first-order valence-corrected chi connectivity index (χ1v) is 8.34. The number of anilines is 2. The first-order chi connectivity index (χ1) is 11.1. The van der Waals surface area contributed by atoms with Crippen molar-refractivity contribution in [3.8, 4) is 0 Å². The van der Waals surface area contributed by atoms with Crippen LogP contribution < -0.4 is 10.6 Å². The minimum absolute atomic E-state index is 0.0733. The summed E-state index contributed by atoms with van der Waals surface area (Å²) in [6.45, 7) is 5.23. The Labute approximate surface area is 139 Å². The summed E-state index contributed by atoms with van der Waals surface area (Å²) in [5.41, 5.74) is 8.33. The molecular formula is C17H20N4OS. The molecule has 0 spiro atoms. The van der Waals surface area contributed by atoms with Crippen molar-refractivity contribution in [3.63, 3.8) is 0 Å². The number of nitrogens with two attached hydrogens (primary N) is 1. The molecule has 3 aromatic rings. The molecule has 0 amide bonds. The molecule has 6 heteroatoms. The van der Waals surface area contributed by atoms with Gasteiger partial charge in [-0.3, -0.25) is 0 Å². The third kappa shape index (κ3) is 3.13. The van der Waals surface area contributed by atoms with Gasteiger partial charge in [0, 0.05) is 17.1 Å². The zero-order valence-electron chi connectivity index (χ0n) is 13.3. The molecule has 0 aliphatic heterocycles. The quantitative estimate of drug-likeness (QED) is 0.753. The van der Waals surface area contributed by atoms with Crippen molar-refractivity contribution >= 4 is 33.1 Å². The van der Waals surface area contributed by atoms with Crippen LogP contribution in [0.3, 0.4) is 0 Å². The van der Waals surface area contributed by atoms with Gasteiger partial charge in [0.2, 0.25) is 0 Å². The highest BCUT2D eigenvalue weighted by Crippen LogP contribution is 2.32. The van der Waals surface area contributed by atoms with Crippen LogP contribution in [0, 0.1) is 13.8 Å². The van der Waals surface area contributed by atoms with E-state index in [1.807, 2.05) is 35.2 Å². The van der Waals surface area contributed by atoms with Gasteiger partial charge in [0.25, 0.3) is 0 Å². The second-order valence-electron chi connectivity index (χ2n) is 5.47. The molecule has 0 saturated carbocycles. The van der Waals surface area contributed by atoms with E-state index >= 15 is 0 Å². The highest BCUT2D eigenvalue weighted by Gasteiger charge is 2.15. The molecule has 0 saturated heterocycles. The summed E-state index contributed by atoms with van der Waals surface area (Å²) < 4.78 is 0. The normalized spacial score (nSPS) is 11.1. The number of aromatic nitrogens is 2. The Morgan fingerprint density at radius 2 is 1.91 bits per heavy atom. The van der Waals surface area contributed by atoms with E-state index in [0.717, 1.165) is 21.5 Å². The van der Waals surface area contributed by atoms with Crippen molar-refractivity contribution < 1.29 is 5.11 Å². The number of thiophene rings is 1. The zero-order valence-corrected chi connectivity index (χ0v) is 14.1. The molecule has 0 atom stereocenters. The van der Waals surface area contributed by atoms with Crippen LogP contribution >= 0.6 is 11.3 Å². The van der Waals surface area contributed by atoms with Crippen molar-refractivity contribution in [1.29, 1.82) is 0 Å². The van der Waals surface area contributed by atoms with Gasteiger partial charge >= 0.3 is 0 Å². The number of fused-ring (bicyclic) bond motifs is 1. The zero-order chi connectivity index (χ0) is 16.4. The highest BCUT2D eigenvalue weighted by molar-refractivity contribution is 7.18. The molecule has 3 N–H and O–H groups in total. The van der Waals surface area contributed by atoms with Crippen LogP contribution in [-0.4, -0.2) is 28.2 Å². The molecule has 120 valence electrons. The Morgan fingerprint density at radius 3 is 2.61 bits per heavy atom. The second kappa shape index (κ2) is 6.52. The molecule has 0 fully saturated rings. The average Bonchev–Trinajstić information content (AvgIpc) is 2.83. The molecule has 1 aromatic carbocycles. The topological polar surface area (TPSA) is 75.3 Å². The number of hydrogen-bond donors (Lipinski definition) is 2. The molecule has 3 rings (SSSR count). The minimum Gasteiger partial charge on any atom is -0.395 e. The predicted molar refractivity (Wildman–Crippen MR) is 95.9 cm³/mol. The third-order valence-electron chi connectivity index (χ3n) is 3.93. The molecule has 2 aromatic heterocycles. The molecule has 0 bridgehead atoms. The van der Waals surface area contributed by atoms with Gasteiger partial charge in [-0.2, -0.15) is 0 Å². The summed E-state index contributed by atoms with van der Waals surface area (Å²) in [6, 6.07) is 9.95. The fraction of sp³-hybridized carbons (Fsp3) is 0.294. The molecule has 0 aliphatic rings. The summed E-state index contributed by atoms with van der Waals surface area (Å²) in [4.78, 5) is 13.3. The molecule has 2 heterocycles. The molecule has 5 nitrogen and oxygen atoms in total. The van der Waals surface area contributed by atoms with Crippen LogP contribution in [0.1, 0.15) is 16.3 Å². The third-order valence-corrected chi connectivity index (χ3v) is 5.03. The van der Waals surface area contributed by atoms with Crippen LogP contribution in [0.15, 0.2) is 30.3 Å². The lowest BCUT2D eigenvalue weighted by Crippen LogP contribution is -2.27. The number of benzene rings is 1. The van der Waals surface area contributed by atoms with Crippen molar-refractivity contribution in [2.45, 2.75) is 20.4 Å². The number of aliphatic hydroxyl groups is 1. The van der Waals surface area contributed by atoms with Crippen molar-refractivity contribution in [2.24, 2.45) is 0 Å². The molecule has 0 aliphatic carbocycles. The fourth-order valence-electron chi connectivity index (χ4n) is 2.63. The predicted octanol–water partition coefficient (Wildman–Crippen LogP) is 2.89. The molecule has 0 unspecified atom stereocenters. The van der Waals surface area contributed by atoms with Crippen LogP contribution in [0.5, 0.6) is 0 Å². The van der Waals surface area contributed by atoms with Gasteiger partial charge in [-0.05, 0) is 31.5 Å². The number of aliphatic hydroxyl groups excluding tert-OH is 1. The standard InChI is InChI=1S/C17H20N4OS/c1-11-12(2)23-17-15(11)16(18)19-14(20-17)10-21(8-9-22)13-6-4-3-5-7-13/h3-7,22H,8-10H2,1-2H3,(H2,18,19,20). The molecular weight excluding hydrogens is 308 g/mol. The Balaban J connectivity index is 1.96. The fourth-order valence-corrected chi connectivity index (χ4v) is 3.68. The molecule has 23 heavy (non-hydrogen) atoms. The van der Waals surface area contributed by atoms with Gasteiger partial charge in [-0.15, -0.1) is 11.3 Å². The van der Waals surface area contributed by atoms with E-state index in [9.17, 15) is 5.11 Å². The smallest absolute Gasteiger partial charge is 0.151 e. The van der Waals surface area contributed by atoms with E-state index in [1.54, 1.807) is 11.3 Å². The van der Waals surface area contributed by atoms with Gasteiger partial charge in [0.15, 0.2) is 5.82 Å². The van der Waals surface area contributed by atoms with Gasteiger partial charge in [0.1, 0.15) is 10.6 Å². The summed E-state index contributed by atoms with van der Waals surface area (Å²) in [5, 5.41) is 10.3. The number of para-hydroxylation sites is 1. The Morgan fingerprint density at radius 1 is 1.17 bits per heavy atom. The summed E-state index contributed by atoms with van der Waals surface area (Å²) in [7, 11) is 0. The maximum Gasteiger partial charge on any atom is 0.151 e. The average molecular weight is 328 g/mol. The number of aryl methyl sites for hydroxylation is 2. The van der Waals surface area contributed by atoms with Crippen molar-refractivity contribution in [2.75, 3.05) is 23.8 Å². The lowest BCUT2D eigenvalue weighted by atomic mass is 10.2. The Bertz CT molecular complexity index is 816. The Kier molecular flexibility index (Phi) is 4.45. The first-order valence-electron chi connectivity index (χ1n) is 7.53. The van der Waals surface area contributed by atoms with E-state index in [4.69, 9.17) is 5.73 Å². The van der Waals surface area contributed by atoms with E-state index in [2.05, 4.69) is 23.8 Å². The van der Waals surface area contributed by atoms with Crippen LogP contribution in [0.2, 0.25) is 0 Å². The van der Waals surface area contributed by atoms with E-state index < -0.39 is 0 Å². The van der Waals surface area contributed by atoms with Gasteiger partial charge < -0.3 is 15.7 Å². The maximum atomic E-state index is 9.34. The molecule has 0 radical (unpaired) electrons. The number of nitrogens with zero attached hydrogens (tertiary/aromatic N) is 3. The Hall–Kier alpha value is -2.18. The van der Waals surface area contributed by atoms with E-state index in [-0.39, 0.29) is 6.61 Å². The van der Waals surface area contributed by atoms with E-state index in [0.29, 0.717) is 24.7 Å². The minimum atomic E-state index is 0.0733. The van der Waals surface area contributed by atoms with Crippen molar-refractivity contribution in [1.82, 2.24) is 9.97 Å².